The Labute approximate surface area is 158 Å². The van der Waals surface area contributed by atoms with Crippen LogP contribution in [0.5, 0.6) is 0 Å². The highest BCUT2D eigenvalue weighted by atomic mass is 16.6. The van der Waals surface area contributed by atoms with E-state index < -0.39 is 0 Å². The molecule has 1 amide bonds. The van der Waals surface area contributed by atoms with Crippen LogP contribution in [0.2, 0.25) is 0 Å². The van der Waals surface area contributed by atoms with Crippen LogP contribution in [-0.4, -0.2) is 28.9 Å². The average Bonchev–Trinajstić information content (AvgIpc) is 2.73. The lowest BCUT2D eigenvalue weighted by Gasteiger charge is -2.42. The second kappa shape index (κ2) is 7.55. The van der Waals surface area contributed by atoms with Crippen LogP contribution in [0, 0.1) is 16.0 Å². The highest BCUT2D eigenvalue weighted by Crippen LogP contribution is 2.36. The molecule has 4 rings (SSSR count). The lowest BCUT2D eigenvalue weighted by molar-refractivity contribution is -0.383. The average molecular weight is 367 g/mol. The molecule has 2 fully saturated rings. The minimum absolute atomic E-state index is 0.108. The highest BCUT2D eigenvalue weighted by Gasteiger charge is 2.32. The minimum atomic E-state index is -0.340. The number of non-ortho nitro benzene ring substituents is 1. The first-order valence-electron chi connectivity index (χ1n) is 9.92. The van der Waals surface area contributed by atoms with Crippen LogP contribution in [0.25, 0.3) is 10.8 Å². The second-order valence-electron chi connectivity index (χ2n) is 7.53. The monoisotopic (exact) mass is 367 g/mol. The number of hydrogen-bond donors (Lipinski definition) is 0. The first kappa shape index (κ1) is 17.8. The van der Waals surface area contributed by atoms with E-state index in [-0.39, 0.29) is 22.4 Å². The third-order valence-corrected chi connectivity index (χ3v) is 5.84. The molecule has 6 heteroatoms. The molecular formula is C21H25N3O3. The summed E-state index contributed by atoms with van der Waals surface area (Å²) in [5.41, 5.74) is 0.997. The van der Waals surface area contributed by atoms with Gasteiger partial charge in [-0.15, -0.1) is 0 Å². The lowest BCUT2D eigenvalue weighted by Crippen LogP contribution is -2.53. The van der Waals surface area contributed by atoms with Crippen molar-refractivity contribution in [3.63, 3.8) is 0 Å². The molecule has 0 unspecified atom stereocenters. The maximum atomic E-state index is 13.2. The van der Waals surface area contributed by atoms with E-state index in [1.54, 1.807) is 18.2 Å². The Kier molecular flexibility index (Phi) is 4.97. The molecule has 2 aliphatic rings. The Bertz CT molecular complexity index is 861. The molecule has 1 saturated heterocycles. The first-order valence-corrected chi connectivity index (χ1v) is 9.92. The van der Waals surface area contributed by atoms with Gasteiger partial charge >= 0.3 is 0 Å². The molecule has 1 aliphatic heterocycles. The zero-order chi connectivity index (χ0) is 18.8. The number of nitro benzene ring substituents is 1. The largest absolute Gasteiger partial charge is 0.282 e. The van der Waals surface area contributed by atoms with Crippen LogP contribution in [0.3, 0.4) is 0 Å². The van der Waals surface area contributed by atoms with Gasteiger partial charge in [0.05, 0.1) is 16.0 Å². The number of carbonyl (C=O) groups is 1. The van der Waals surface area contributed by atoms with Crippen molar-refractivity contribution >= 4 is 28.1 Å². The summed E-state index contributed by atoms with van der Waals surface area (Å²) in [5.74, 6) is 0.334. The van der Waals surface area contributed by atoms with Crippen molar-refractivity contribution in [2.75, 3.05) is 18.1 Å². The van der Waals surface area contributed by atoms with Gasteiger partial charge < -0.3 is 0 Å². The molecule has 1 heterocycles. The van der Waals surface area contributed by atoms with E-state index >= 15 is 0 Å². The standard InChI is InChI=1S/C21H25N3O3/c25-21(16-8-2-1-3-9-16)23-15-7-6-14-22(23)19-12-13-20(24(26)27)18-11-5-4-10-17(18)19/h4-5,10-13,16H,1-3,6-9,14-15H2. The van der Waals surface area contributed by atoms with Gasteiger partial charge in [0.1, 0.15) is 0 Å². The highest BCUT2D eigenvalue weighted by molar-refractivity contribution is 6.00. The summed E-state index contributed by atoms with van der Waals surface area (Å²) in [4.78, 5) is 24.3. The third kappa shape index (κ3) is 3.36. The van der Waals surface area contributed by atoms with Crippen molar-refractivity contribution in [3.8, 4) is 0 Å². The molecule has 0 spiro atoms. The van der Waals surface area contributed by atoms with Gasteiger partial charge in [-0.05, 0) is 37.8 Å². The molecule has 0 N–H and O–H groups in total. The summed E-state index contributed by atoms with van der Waals surface area (Å²) in [6, 6.07) is 10.8. The van der Waals surface area contributed by atoms with Crippen molar-refractivity contribution in [1.29, 1.82) is 0 Å². The van der Waals surface area contributed by atoms with Gasteiger partial charge in [-0.1, -0.05) is 37.5 Å². The number of anilines is 1. The number of nitrogens with zero attached hydrogens (tertiary/aromatic N) is 3. The molecular weight excluding hydrogens is 342 g/mol. The number of amides is 1. The van der Waals surface area contributed by atoms with Crippen LogP contribution in [0.15, 0.2) is 36.4 Å². The summed E-state index contributed by atoms with van der Waals surface area (Å²) in [7, 11) is 0. The topological polar surface area (TPSA) is 66.7 Å². The Morgan fingerprint density at radius 1 is 0.926 bits per heavy atom. The summed E-state index contributed by atoms with van der Waals surface area (Å²) in [6.07, 6.45) is 7.45. The zero-order valence-corrected chi connectivity index (χ0v) is 15.5. The SMILES string of the molecule is O=C(C1CCCCC1)N1CCCCN1c1ccc([N+](=O)[O-])c2ccccc12. The van der Waals surface area contributed by atoms with Crippen molar-refractivity contribution < 1.29 is 9.72 Å². The molecule has 142 valence electrons. The van der Waals surface area contributed by atoms with Gasteiger partial charge in [0, 0.05) is 30.5 Å². The van der Waals surface area contributed by atoms with Gasteiger partial charge in [-0.2, -0.15) is 0 Å². The van der Waals surface area contributed by atoms with Crippen molar-refractivity contribution in [2.24, 2.45) is 5.92 Å². The van der Waals surface area contributed by atoms with E-state index in [1.807, 2.05) is 23.2 Å². The Morgan fingerprint density at radius 2 is 1.63 bits per heavy atom. The van der Waals surface area contributed by atoms with Crippen LogP contribution in [0.1, 0.15) is 44.9 Å². The maximum Gasteiger partial charge on any atom is 0.277 e. The van der Waals surface area contributed by atoms with E-state index in [4.69, 9.17) is 0 Å². The van der Waals surface area contributed by atoms with Crippen LogP contribution < -0.4 is 5.01 Å². The molecule has 2 aromatic carbocycles. The number of hydrazine groups is 1. The smallest absolute Gasteiger partial charge is 0.277 e. The van der Waals surface area contributed by atoms with Crippen LogP contribution in [-0.2, 0) is 4.79 Å². The fourth-order valence-electron chi connectivity index (χ4n) is 4.46. The number of benzene rings is 2. The third-order valence-electron chi connectivity index (χ3n) is 5.84. The molecule has 0 radical (unpaired) electrons. The van der Waals surface area contributed by atoms with Crippen molar-refractivity contribution in [1.82, 2.24) is 5.01 Å². The number of rotatable bonds is 3. The Morgan fingerprint density at radius 3 is 2.37 bits per heavy atom. The fourth-order valence-corrected chi connectivity index (χ4v) is 4.46. The normalized spacial score (nSPS) is 18.7. The van der Waals surface area contributed by atoms with Crippen LogP contribution >= 0.6 is 0 Å². The number of hydrogen-bond acceptors (Lipinski definition) is 4. The summed E-state index contributed by atoms with van der Waals surface area (Å²) in [5, 5.41) is 16.8. The molecule has 0 bridgehead atoms. The van der Waals surface area contributed by atoms with E-state index in [2.05, 4.69) is 5.01 Å². The number of carbonyl (C=O) groups excluding carboxylic acids is 1. The summed E-state index contributed by atoms with van der Waals surface area (Å²) in [6.45, 7) is 1.49. The molecule has 6 nitrogen and oxygen atoms in total. The molecule has 1 saturated carbocycles. The van der Waals surface area contributed by atoms with E-state index in [9.17, 15) is 14.9 Å². The minimum Gasteiger partial charge on any atom is -0.282 e. The maximum absolute atomic E-state index is 13.2. The molecule has 0 atom stereocenters. The van der Waals surface area contributed by atoms with Crippen molar-refractivity contribution in [2.45, 2.75) is 44.9 Å². The number of fused-ring (bicyclic) bond motifs is 1. The predicted octanol–water partition coefficient (Wildman–Crippen LogP) is 4.67. The summed E-state index contributed by atoms with van der Waals surface area (Å²) < 4.78 is 0. The fraction of sp³-hybridized carbons (Fsp3) is 0.476. The quantitative estimate of drug-likeness (QED) is 0.584. The van der Waals surface area contributed by atoms with Gasteiger partial charge in [-0.25, -0.2) is 0 Å². The molecule has 2 aromatic rings. The number of nitro groups is 1. The molecule has 0 aromatic heterocycles. The van der Waals surface area contributed by atoms with E-state index in [1.165, 1.54) is 6.42 Å². The molecule has 27 heavy (non-hydrogen) atoms. The predicted molar refractivity (Wildman–Crippen MR) is 105 cm³/mol. The first-order chi connectivity index (χ1) is 13.2. The van der Waals surface area contributed by atoms with Crippen molar-refractivity contribution in [3.05, 3.63) is 46.5 Å². The zero-order valence-electron chi connectivity index (χ0n) is 15.5. The van der Waals surface area contributed by atoms with E-state index in [0.717, 1.165) is 62.7 Å². The lowest BCUT2D eigenvalue weighted by atomic mass is 9.88. The van der Waals surface area contributed by atoms with Gasteiger partial charge in [0.15, 0.2) is 0 Å². The second-order valence-corrected chi connectivity index (χ2v) is 7.53. The Hall–Kier alpha value is -2.63. The summed E-state index contributed by atoms with van der Waals surface area (Å²) >= 11 is 0. The Balaban J connectivity index is 1.73. The van der Waals surface area contributed by atoms with Gasteiger partial charge in [0.2, 0.25) is 5.91 Å². The van der Waals surface area contributed by atoms with Gasteiger partial charge in [-0.3, -0.25) is 24.9 Å². The molecule has 1 aliphatic carbocycles. The van der Waals surface area contributed by atoms with E-state index in [0.29, 0.717) is 5.39 Å². The van der Waals surface area contributed by atoms with Crippen LogP contribution in [0.4, 0.5) is 11.4 Å². The van der Waals surface area contributed by atoms with Gasteiger partial charge in [0.25, 0.3) is 5.69 Å².